The second-order valence-corrected chi connectivity index (χ2v) is 3.71. The van der Waals surface area contributed by atoms with Gasteiger partial charge in [-0.3, -0.25) is 4.79 Å². The highest BCUT2D eigenvalue weighted by Crippen LogP contribution is 2.22. The van der Waals surface area contributed by atoms with Crippen LogP contribution in [0, 0.1) is 0 Å². The number of nitrogens with two attached hydrogens (primary N) is 1. The summed E-state index contributed by atoms with van der Waals surface area (Å²) >= 11 is 0. The van der Waals surface area contributed by atoms with Gasteiger partial charge in [-0.25, -0.2) is 0 Å². The highest BCUT2D eigenvalue weighted by molar-refractivity contribution is 5.92. The summed E-state index contributed by atoms with van der Waals surface area (Å²) in [7, 11) is 1.64. The van der Waals surface area contributed by atoms with E-state index in [0.717, 1.165) is 22.1 Å². The first-order chi connectivity index (χ1) is 8.19. The Morgan fingerprint density at radius 2 is 1.88 bits per heavy atom. The van der Waals surface area contributed by atoms with Crippen LogP contribution in [0.4, 0.5) is 0 Å². The lowest BCUT2D eigenvalue weighted by Crippen LogP contribution is -2.04. The monoisotopic (exact) mass is 227 g/mol. The molecule has 0 heterocycles. The van der Waals surface area contributed by atoms with Crippen molar-refractivity contribution in [3.63, 3.8) is 0 Å². The summed E-state index contributed by atoms with van der Waals surface area (Å²) in [4.78, 5) is 10.6. The summed E-state index contributed by atoms with van der Waals surface area (Å²) in [6.07, 6.45) is 3.05. The van der Waals surface area contributed by atoms with E-state index >= 15 is 0 Å². The molecule has 0 saturated heterocycles. The molecule has 3 heteroatoms. The van der Waals surface area contributed by atoms with Gasteiger partial charge in [-0.1, -0.05) is 18.2 Å². The van der Waals surface area contributed by atoms with Crippen molar-refractivity contribution in [2.75, 3.05) is 7.11 Å². The molecule has 0 aliphatic carbocycles. The van der Waals surface area contributed by atoms with Crippen LogP contribution in [0.5, 0.6) is 5.75 Å². The zero-order valence-electron chi connectivity index (χ0n) is 9.51. The fourth-order valence-corrected chi connectivity index (χ4v) is 1.65. The van der Waals surface area contributed by atoms with E-state index in [1.165, 1.54) is 6.08 Å². The lowest BCUT2D eigenvalue weighted by atomic mass is 10.1. The number of carbonyl (C=O) groups excluding carboxylic acids is 1. The lowest BCUT2D eigenvalue weighted by molar-refractivity contribution is -0.113. The van der Waals surface area contributed by atoms with Crippen molar-refractivity contribution in [2.24, 2.45) is 5.73 Å². The van der Waals surface area contributed by atoms with E-state index in [1.54, 1.807) is 13.2 Å². The van der Waals surface area contributed by atoms with E-state index < -0.39 is 5.91 Å². The molecule has 0 atom stereocenters. The summed E-state index contributed by atoms with van der Waals surface area (Å²) in [5.74, 6) is 0.387. The van der Waals surface area contributed by atoms with Gasteiger partial charge < -0.3 is 10.5 Å². The Morgan fingerprint density at radius 1 is 1.18 bits per heavy atom. The van der Waals surface area contributed by atoms with Gasteiger partial charge in [-0.05, 0) is 40.6 Å². The van der Waals surface area contributed by atoms with Crippen molar-refractivity contribution < 1.29 is 9.53 Å². The first-order valence-electron chi connectivity index (χ1n) is 5.24. The Hall–Kier alpha value is -2.29. The van der Waals surface area contributed by atoms with Crippen LogP contribution in [0.25, 0.3) is 16.8 Å². The van der Waals surface area contributed by atoms with Gasteiger partial charge in [0, 0.05) is 6.08 Å². The van der Waals surface area contributed by atoms with Gasteiger partial charge in [-0.2, -0.15) is 0 Å². The molecule has 0 saturated carbocycles. The van der Waals surface area contributed by atoms with Crippen molar-refractivity contribution in [3.05, 3.63) is 48.0 Å². The van der Waals surface area contributed by atoms with Crippen LogP contribution in [0.1, 0.15) is 5.56 Å². The van der Waals surface area contributed by atoms with Gasteiger partial charge in [-0.15, -0.1) is 0 Å². The van der Waals surface area contributed by atoms with E-state index in [4.69, 9.17) is 10.5 Å². The number of hydrogen-bond acceptors (Lipinski definition) is 2. The topological polar surface area (TPSA) is 52.3 Å². The lowest BCUT2D eigenvalue weighted by Gasteiger charge is -2.03. The predicted octanol–water partition coefficient (Wildman–Crippen LogP) is 2.35. The SMILES string of the molecule is COc1ccc2cc(/C=C/C(N)=O)ccc2c1. The van der Waals surface area contributed by atoms with Gasteiger partial charge >= 0.3 is 0 Å². The van der Waals surface area contributed by atoms with Crippen LogP contribution >= 0.6 is 0 Å². The Labute approximate surface area is 99.5 Å². The van der Waals surface area contributed by atoms with Gasteiger partial charge in [0.15, 0.2) is 0 Å². The zero-order chi connectivity index (χ0) is 12.3. The fourth-order valence-electron chi connectivity index (χ4n) is 1.65. The van der Waals surface area contributed by atoms with E-state index in [-0.39, 0.29) is 0 Å². The Bertz CT molecular complexity index is 588. The molecule has 0 aromatic heterocycles. The summed E-state index contributed by atoms with van der Waals surface area (Å²) < 4.78 is 5.16. The number of methoxy groups -OCH3 is 1. The standard InChI is InChI=1S/C14H13NO2/c1-17-13-6-5-11-8-10(3-7-14(15)16)2-4-12(11)9-13/h2-9H,1H3,(H2,15,16)/b7-3+. The highest BCUT2D eigenvalue weighted by Gasteiger charge is 1.97. The van der Waals surface area contributed by atoms with Crippen molar-refractivity contribution >= 4 is 22.8 Å². The van der Waals surface area contributed by atoms with Crippen LogP contribution in [0.15, 0.2) is 42.5 Å². The third kappa shape index (κ3) is 2.64. The van der Waals surface area contributed by atoms with Gasteiger partial charge in [0.1, 0.15) is 5.75 Å². The minimum absolute atomic E-state index is 0.445. The summed E-state index contributed by atoms with van der Waals surface area (Å²) in [6.45, 7) is 0. The molecule has 86 valence electrons. The molecule has 1 amide bonds. The molecule has 3 nitrogen and oxygen atoms in total. The fraction of sp³-hybridized carbons (Fsp3) is 0.0714. The molecule has 0 bridgehead atoms. The van der Waals surface area contributed by atoms with Crippen molar-refractivity contribution in [1.82, 2.24) is 0 Å². The number of primary amides is 1. The third-order valence-electron chi connectivity index (χ3n) is 2.51. The molecule has 0 unspecified atom stereocenters. The van der Waals surface area contributed by atoms with Crippen LogP contribution in [0.3, 0.4) is 0 Å². The molecule has 0 aliphatic heterocycles. The minimum atomic E-state index is -0.445. The van der Waals surface area contributed by atoms with Crippen LogP contribution in [-0.2, 0) is 4.79 Å². The third-order valence-corrected chi connectivity index (χ3v) is 2.51. The number of carbonyl (C=O) groups is 1. The average Bonchev–Trinajstić information content (AvgIpc) is 2.35. The molecule has 0 fully saturated rings. The smallest absolute Gasteiger partial charge is 0.241 e. The van der Waals surface area contributed by atoms with Crippen molar-refractivity contribution in [1.29, 1.82) is 0 Å². The van der Waals surface area contributed by atoms with Gasteiger partial charge in [0.2, 0.25) is 5.91 Å². The number of fused-ring (bicyclic) bond motifs is 1. The first kappa shape index (κ1) is 11.2. The van der Waals surface area contributed by atoms with Crippen molar-refractivity contribution in [3.8, 4) is 5.75 Å². The Balaban J connectivity index is 2.41. The number of benzene rings is 2. The maximum Gasteiger partial charge on any atom is 0.241 e. The van der Waals surface area contributed by atoms with E-state index in [2.05, 4.69) is 0 Å². The van der Waals surface area contributed by atoms with E-state index in [9.17, 15) is 4.79 Å². The van der Waals surface area contributed by atoms with Gasteiger partial charge in [0.25, 0.3) is 0 Å². The molecule has 0 spiro atoms. The number of amides is 1. The molecular formula is C14H13NO2. The predicted molar refractivity (Wildman–Crippen MR) is 68.7 cm³/mol. The summed E-state index contributed by atoms with van der Waals surface area (Å²) in [5, 5.41) is 2.19. The molecule has 17 heavy (non-hydrogen) atoms. The van der Waals surface area contributed by atoms with E-state index in [1.807, 2.05) is 36.4 Å². The summed E-state index contributed by atoms with van der Waals surface area (Å²) in [5.41, 5.74) is 5.99. The molecule has 2 N–H and O–H groups in total. The first-order valence-corrected chi connectivity index (χ1v) is 5.24. The molecule has 0 aliphatic rings. The summed E-state index contributed by atoms with van der Waals surface area (Å²) in [6, 6.07) is 11.8. The number of ether oxygens (including phenoxy) is 1. The normalized spacial score (nSPS) is 10.9. The quantitative estimate of drug-likeness (QED) is 0.818. The van der Waals surface area contributed by atoms with Crippen LogP contribution < -0.4 is 10.5 Å². The van der Waals surface area contributed by atoms with Gasteiger partial charge in [0.05, 0.1) is 7.11 Å². The maximum absolute atomic E-state index is 10.6. The highest BCUT2D eigenvalue weighted by atomic mass is 16.5. The van der Waals surface area contributed by atoms with Crippen molar-refractivity contribution in [2.45, 2.75) is 0 Å². The number of hydrogen-bond donors (Lipinski definition) is 1. The largest absolute Gasteiger partial charge is 0.497 e. The molecule has 2 aromatic carbocycles. The maximum atomic E-state index is 10.6. The Morgan fingerprint density at radius 3 is 2.59 bits per heavy atom. The molecule has 0 radical (unpaired) electrons. The minimum Gasteiger partial charge on any atom is -0.497 e. The van der Waals surface area contributed by atoms with Crippen LogP contribution in [0.2, 0.25) is 0 Å². The van der Waals surface area contributed by atoms with Crippen LogP contribution in [-0.4, -0.2) is 13.0 Å². The molecule has 2 rings (SSSR count). The average molecular weight is 227 g/mol. The second-order valence-electron chi connectivity index (χ2n) is 3.71. The number of rotatable bonds is 3. The molecule has 2 aromatic rings. The Kier molecular flexibility index (Phi) is 3.10. The molecular weight excluding hydrogens is 214 g/mol. The van der Waals surface area contributed by atoms with E-state index in [0.29, 0.717) is 0 Å². The second kappa shape index (κ2) is 4.70. The zero-order valence-corrected chi connectivity index (χ0v) is 9.51.